The monoisotopic (exact) mass is 242 g/mol. The minimum absolute atomic E-state index is 0.110. The van der Waals surface area contributed by atoms with Crippen molar-refractivity contribution in [1.82, 2.24) is 9.78 Å². The van der Waals surface area contributed by atoms with Crippen molar-refractivity contribution in [3.8, 4) is 5.75 Å². The number of aliphatic hydroxyl groups excluding tert-OH is 1. The number of hydrogen-bond acceptors (Lipinski definition) is 4. The Kier molecular flexibility index (Phi) is 3.17. The molecule has 1 aliphatic rings. The van der Waals surface area contributed by atoms with Crippen molar-refractivity contribution < 1.29 is 9.84 Å². The maximum absolute atomic E-state index is 10.5. The topological polar surface area (TPSA) is 47.3 Å². The Morgan fingerprint density at radius 2 is 2.44 bits per heavy atom. The Hall–Kier alpha value is -0.680. The number of rotatable bonds is 3. The van der Waals surface area contributed by atoms with Crippen molar-refractivity contribution >= 4 is 11.8 Å². The molecule has 2 rings (SSSR count). The van der Waals surface area contributed by atoms with Crippen molar-refractivity contribution in [2.24, 2.45) is 7.05 Å². The molecule has 0 saturated carbocycles. The molecule has 16 heavy (non-hydrogen) atoms. The first-order valence-corrected chi connectivity index (χ1v) is 6.45. The van der Waals surface area contributed by atoms with E-state index in [2.05, 4.69) is 12.0 Å². The average Bonchev–Trinajstić information content (AvgIpc) is 2.85. The van der Waals surface area contributed by atoms with Gasteiger partial charge in [-0.2, -0.15) is 16.9 Å². The Labute approximate surface area is 100.0 Å². The molecule has 1 saturated heterocycles. The Bertz CT molecular complexity index is 372. The molecule has 1 aromatic heterocycles. The van der Waals surface area contributed by atoms with Gasteiger partial charge in [0.15, 0.2) is 5.75 Å². The quantitative estimate of drug-likeness (QED) is 0.877. The van der Waals surface area contributed by atoms with Crippen LogP contribution in [0.25, 0.3) is 0 Å². The fourth-order valence-electron chi connectivity index (χ4n) is 2.20. The van der Waals surface area contributed by atoms with Gasteiger partial charge in [-0.15, -0.1) is 0 Å². The molecule has 4 nitrogen and oxygen atoms in total. The third-order valence-corrected chi connectivity index (χ3v) is 4.84. The summed E-state index contributed by atoms with van der Waals surface area (Å²) in [6.45, 7) is 2.11. The first-order chi connectivity index (χ1) is 7.58. The van der Waals surface area contributed by atoms with Crippen LogP contribution in [0.5, 0.6) is 5.75 Å². The molecular formula is C11H18N2O2S. The van der Waals surface area contributed by atoms with Gasteiger partial charge in [0.25, 0.3) is 0 Å². The molecule has 1 fully saturated rings. The first-order valence-electron chi connectivity index (χ1n) is 5.46. The van der Waals surface area contributed by atoms with Crippen molar-refractivity contribution in [1.29, 1.82) is 0 Å². The van der Waals surface area contributed by atoms with Crippen molar-refractivity contribution in [3.05, 3.63) is 11.9 Å². The lowest BCUT2D eigenvalue weighted by Gasteiger charge is -2.29. The van der Waals surface area contributed by atoms with E-state index >= 15 is 0 Å². The molecule has 1 aliphatic heterocycles. The van der Waals surface area contributed by atoms with Gasteiger partial charge in [0.2, 0.25) is 0 Å². The standard InChI is InChI=1S/C11H18N2O2S/c1-11(5-4-6-16-11)10(14)9-8(15-3)7-12-13(9)2/h7,10,14H,4-6H2,1-3H3. The van der Waals surface area contributed by atoms with Gasteiger partial charge in [-0.1, -0.05) is 0 Å². The number of nitrogens with zero attached hydrogens (tertiary/aromatic N) is 2. The number of aromatic nitrogens is 2. The summed E-state index contributed by atoms with van der Waals surface area (Å²) in [5.41, 5.74) is 0.777. The highest BCUT2D eigenvalue weighted by atomic mass is 32.2. The summed E-state index contributed by atoms with van der Waals surface area (Å²) in [4.78, 5) is 0. The van der Waals surface area contributed by atoms with E-state index in [9.17, 15) is 5.11 Å². The fourth-order valence-corrected chi connectivity index (χ4v) is 3.51. The second-order valence-electron chi connectivity index (χ2n) is 4.39. The van der Waals surface area contributed by atoms with E-state index in [4.69, 9.17) is 4.74 Å². The molecule has 90 valence electrons. The van der Waals surface area contributed by atoms with Crippen LogP contribution in [0.15, 0.2) is 6.20 Å². The SMILES string of the molecule is COc1cnn(C)c1C(O)C1(C)CCCS1. The minimum Gasteiger partial charge on any atom is -0.493 e. The van der Waals surface area contributed by atoms with Crippen LogP contribution in [0.1, 0.15) is 31.6 Å². The third-order valence-electron chi connectivity index (χ3n) is 3.26. The lowest BCUT2D eigenvalue weighted by molar-refractivity contribution is 0.123. The number of thioether (sulfide) groups is 1. The van der Waals surface area contributed by atoms with Crippen LogP contribution in [-0.4, -0.2) is 32.5 Å². The van der Waals surface area contributed by atoms with Crippen LogP contribution >= 0.6 is 11.8 Å². The van der Waals surface area contributed by atoms with E-state index in [0.29, 0.717) is 5.75 Å². The average molecular weight is 242 g/mol. The van der Waals surface area contributed by atoms with Crippen LogP contribution in [0.4, 0.5) is 0 Å². The highest BCUT2D eigenvalue weighted by Crippen LogP contribution is 2.47. The van der Waals surface area contributed by atoms with Gasteiger partial charge in [0, 0.05) is 11.8 Å². The number of aliphatic hydroxyl groups is 1. The van der Waals surface area contributed by atoms with E-state index in [0.717, 1.165) is 17.9 Å². The normalized spacial score (nSPS) is 27.0. The zero-order valence-corrected chi connectivity index (χ0v) is 10.8. The summed E-state index contributed by atoms with van der Waals surface area (Å²) < 4.78 is 6.83. The van der Waals surface area contributed by atoms with Gasteiger partial charge >= 0.3 is 0 Å². The van der Waals surface area contributed by atoms with Crippen LogP contribution in [0.2, 0.25) is 0 Å². The predicted octanol–water partition coefficient (Wildman–Crippen LogP) is 1.75. The Morgan fingerprint density at radius 3 is 3.00 bits per heavy atom. The van der Waals surface area contributed by atoms with Crippen molar-refractivity contribution in [2.45, 2.75) is 30.6 Å². The van der Waals surface area contributed by atoms with E-state index in [1.807, 2.05) is 18.8 Å². The largest absolute Gasteiger partial charge is 0.493 e. The molecule has 2 heterocycles. The molecule has 0 radical (unpaired) electrons. The molecule has 0 aliphatic carbocycles. The van der Waals surface area contributed by atoms with Crippen LogP contribution in [0, 0.1) is 0 Å². The molecule has 0 bridgehead atoms. The van der Waals surface area contributed by atoms with Gasteiger partial charge < -0.3 is 9.84 Å². The van der Waals surface area contributed by atoms with E-state index in [1.54, 1.807) is 18.0 Å². The maximum Gasteiger partial charge on any atom is 0.162 e. The van der Waals surface area contributed by atoms with E-state index < -0.39 is 6.10 Å². The number of aryl methyl sites for hydroxylation is 1. The number of methoxy groups -OCH3 is 1. The first kappa shape index (κ1) is 11.8. The minimum atomic E-state index is -0.526. The molecule has 0 spiro atoms. The molecule has 1 N–H and O–H groups in total. The van der Waals surface area contributed by atoms with E-state index in [1.165, 1.54) is 6.42 Å². The second-order valence-corrected chi connectivity index (χ2v) is 6.02. The summed E-state index contributed by atoms with van der Waals surface area (Å²) in [6, 6.07) is 0. The summed E-state index contributed by atoms with van der Waals surface area (Å²) >= 11 is 1.83. The molecule has 0 amide bonds. The number of hydrogen-bond donors (Lipinski definition) is 1. The summed E-state index contributed by atoms with van der Waals surface area (Å²) in [7, 11) is 3.45. The van der Waals surface area contributed by atoms with Crippen molar-refractivity contribution in [3.63, 3.8) is 0 Å². The Morgan fingerprint density at radius 1 is 1.69 bits per heavy atom. The second kappa shape index (κ2) is 4.30. The van der Waals surface area contributed by atoms with Gasteiger partial charge in [-0.3, -0.25) is 4.68 Å². The third kappa shape index (κ3) is 1.82. The predicted molar refractivity (Wildman–Crippen MR) is 64.8 cm³/mol. The van der Waals surface area contributed by atoms with E-state index in [-0.39, 0.29) is 4.75 Å². The molecule has 2 atom stereocenters. The van der Waals surface area contributed by atoms with Gasteiger partial charge in [0.1, 0.15) is 11.8 Å². The lowest BCUT2D eigenvalue weighted by atomic mass is 9.96. The Balaban J connectivity index is 2.32. The highest BCUT2D eigenvalue weighted by molar-refractivity contribution is 8.00. The van der Waals surface area contributed by atoms with Crippen LogP contribution in [0.3, 0.4) is 0 Å². The van der Waals surface area contributed by atoms with Crippen molar-refractivity contribution in [2.75, 3.05) is 12.9 Å². The molecule has 2 unspecified atom stereocenters. The molecule has 1 aromatic rings. The van der Waals surface area contributed by atoms with Gasteiger partial charge in [0.05, 0.1) is 13.3 Å². The number of ether oxygens (including phenoxy) is 1. The van der Waals surface area contributed by atoms with Gasteiger partial charge in [-0.25, -0.2) is 0 Å². The molecule has 5 heteroatoms. The highest BCUT2D eigenvalue weighted by Gasteiger charge is 2.40. The van der Waals surface area contributed by atoms with Crippen LogP contribution < -0.4 is 4.74 Å². The maximum atomic E-state index is 10.5. The zero-order valence-electron chi connectivity index (χ0n) is 9.93. The zero-order chi connectivity index (χ0) is 11.8. The molecule has 0 aromatic carbocycles. The summed E-state index contributed by atoms with van der Waals surface area (Å²) in [5.74, 6) is 1.79. The lowest BCUT2D eigenvalue weighted by Crippen LogP contribution is -2.28. The van der Waals surface area contributed by atoms with Gasteiger partial charge in [-0.05, 0) is 25.5 Å². The molecular weight excluding hydrogens is 224 g/mol. The van der Waals surface area contributed by atoms with Crippen LogP contribution in [-0.2, 0) is 7.05 Å². The summed E-state index contributed by atoms with van der Waals surface area (Å²) in [5, 5.41) is 14.6. The summed E-state index contributed by atoms with van der Waals surface area (Å²) in [6.07, 6.45) is 3.33. The fraction of sp³-hybridized carbons (Fsp3) is 0.727. The smallest absolute Gasteiger partial charge is 0.162 e.